The minimum absolute atomic E-state index is 0.639. The molecule has 0 aliphatic carbocycles. The maximum atomic E-state index is 4.50. The summed E-state index contributed by atoms with van der Waals surface area (Å²) in [5.41, 5.74) is 1.24. The highest BCUT2D eigenvalue weighted by Gasteiger charge is 2.17. The molecule has 64 valence electrons. The van der Waals surface area contributed by atoms with Crippen molar-refractivity contribution in [3.63, 3.8) is 0 Å². The highest BCUT2D eigenvalue weighted by Crippen LogP contribution is 2.20. The molecular weight excluding hydrogens is 263 g/mol. The van der Waals surface area contributed by atoms with E-state index in [2.05, 4.69) is 45.0 Å². The number of hydrogen-bond donors (Lipinski definition) is 1. The van der Waals surface area contributed by atoms with E-state index in [-0.39, 0.29) is 0 Å². The first-order chi connectivity index (χ1) is 5.86. The summed E-state index contributed by atoms with van der Waals surface area (Å²) < 4.78 is 1.09. The summed E-state index contributed by atoms with van der Waals surface area (Å²) in [7, 11) is 0. The normalized spacial score (nSPS) is 22.9. The van der Waals surface area contributed by atoms with Gasteiger partial charge in [0.25, 0.3) is 0 Å². The van der Waals surface area contributed by atoms with Crippen molar-refractivity contribution in [2.45, 2.75) is 12.3 Å². The molecule has 1 saturated heterocycles. The first-order valence-electron chi connectivity index (χ1n) is 4.19. The van der Waals surface area contributed by atoms with E-state index in [4.69, 9.17) is 0 Å². The molecule has 1 aromatic rings. The number of pyridine rings is 1. The van der Waals surface area contributed by atoms with Gasteiger partial charge in [-0.15, -0.1) is 0 Å². The van der Waals surface area contributed by atoms with Crippen molar-refractivity contribution in [1.82, 2.24) is 10.3 Å². The molecule has 3 heteroatoms. The Kier molecular flexibility index (Phi) is 2.60. The molecule has 2 heterocycles. The summed E-state index contributed by atoms with van der Waals surface area (Å²) in [5.74, 6) is 0.639. The molecule has 1 fully saturated rings. The topological polar surface area (TPSA) is 24.9 Å². The molecule has 1 atom stereocenters. The Hall–Kier alpha value is -0.160. The lowest BCUT2D eigenvalue weighted by Gasteiger charge is -2.06. The van der Waals surface area contributed by atoms with Crippen molar-refractivity contribution in [3.05, 3.63) is 27.6 Å². The minimum Gasteiger partial charge on any atom is -0.316 e. The van der Waals surface area contributed by atoms with Gasteiger partial charge in [0.1, 0.15) is 3.70 Å². The molecular formula is C9H11IN2. The largest absolute Gasteiger partial charge is 0.316 e. The van der Waals surface area contributed by atoms with Crippen molar-refractivity contribution in [3.8, 4) is 0 Å². The lowest BCUT2D eigenvalue weighted by molar-refractivity contribution is 0.732. The van der Waals surface area contributed by atoms with Crippen molar-refractivity contribution in [2.75, 3.05) is 13.1 Å². The number of nitrogens with one attached hydrogen (secondary N) is 1. The quantitative estimate of drug-likeness (QED) is 0.623. The molecule has 1 N–H and O–H groups in total. The van der Waals surface area contributed by atoms with Crippen LogP contribution >= 0.6 is 22.6 Å². The molecule has 1 aromatic heterocycles. The van der Waals surface area contributed by atoms with Gasteiger partial charge in [-0.1, -0.05) is 6.07 Å². The van der Waals surface area contributed by atoms with Crippen LogP contribution in [0.15, 0.2) is 18.2 Å². The van der Waals surface area contributed by atoms with E-state index in [0.29, 0.717) is 5.92 Å². The Bertz CT molecular complexity index is 269. The molecule has 1 aliphatic heterocycles. The lowest BCUT2D eigenvalue weighted by Crippen LogP contribution is -2.09. The van der Waals surface area contributed by atoms with Crippen LogP contribution in [0, 0.1) is 3.70 Å². The third-order valence-corrected chi connectivity index (χ3v) is 2.82. The van der Waals surface area contributed by atoms with Gasteiger partial charge in [-0.2, -0.15) is 0 Å². The van der Waals surface area contributed by atoms with E-state index in [1.807, 2.05) is 6.07 Å². The Labute approximate surface area is 85.9 Å². The van der Waals surface area contributed by atoms with Crippen LogP contribution in [0.3, 0.4) is 0 Å². The molecule has 0 aromatic carbocycles. The number of nitrogens with zero attached hydrogens (tertiary/aromatic N) is 1. The second kappa shape index (κ2) is 3.70. The predicted molar refractivity (Wildman–Crippen MR) is 57.2 cm³/mol. The third-order valence-electron chi connectivity index (χ3n) is 2.22. The summed E-state index contributed by atoms with van der Waals surface area (Å²) >= 11 is 2.26. The van der Waals surface area contributed by atoms with Crippen LogP contribution in [0.5, 0.6) is 0 Å². The van der Waals surface area contributed by atoms with Crippen LogP contribution in [0.2, 0.25) is 0 Å². The highest BCUT2D eigenvalue weighted by atomic mass is 127. The van der Waals surface area contributed by atoms with Gasteiger partial charge >= 0.3 is 0 Å². The van der Waals surface area contributed by atoms with Gasteiger partial charge in [-0.25, -0.2) is 4.98 Å². The zero-order chi connectivity index (χ0) is 8.39. The molecule has 0 amide bonds. The molecule has 0 spiro atoms. The molecule has 12 heavy (non-hydrogen) atoms. The van der Waals surface area contributed by atoms with E-state index < -0.39 is 0 Å². The van der Waals surface area contributed by atoms with Gasteiger partial charge in [-0.3, -0.25) is 0 Å². The number of aromatic nitrogens is 1. The highest BCUT2D eigenvalue weighted by molar-refractivity contribution is 14.1. The molecule has 1 aliphatic rings. The van der Waals surface area contributed by atoms with Gasteiger partial charge in [0.2, 0.25) is 0 Å². The fraction of sp³-hybridized carbons (Fsp3) is 0.444. The van der Waals surface area contributed by atoms with Gasteiger partial charge in [-0.05, 0) is 47.7 Å². The Morgan fingerprint density at radius 1 is 1.50 bits per heavy atom. The van der Waals surface area contributed by atoms with Crippen LogP contribution in [0.4, 0.5) is 0 Å². The van der Waals surface area contributed by atoms with Crippen LogP contribution in [0.25, 0.3) is 0 Å². The zero-order valence-electron chi connectivity index (χ0n) is 6.76. The summed E-state index contributed by atoms with van der Waals surface area (Å²) in [6.07, 6.45) is 1.23. The van der Waals surface area contributed by atoms with Gasteiger partial charge in [0, 0.05) is 18.2 Å². The van der Waals surface area contributed by atoms with E-state index in [1.54, 1.807) is 0 Å². The molecule has 2 rings (SSSR count). The first-order valence-corrected chi connectivity index (χ1v) is 5.27. The van der Waals surface area contributed by atoms with Crippen molar-refractivity contribution >= 4 is 22.6 Å². The zero-order valence-corrected chi connectivity index (χ0v) is 8.91. The van der Waals surface area contributed by atoms with Crippen molar-refractivity contribution in [2.24, 2.45) is 0 Å². The first kappa shape index (κ1) is 8.44. The lowest BCUT2D eigenvalue weighted by atomic mass is 10.0. The third kappa shape index (κ3) is 1.77. The molecule has 2 nitrogen and oxygen atoms in total. The van der Waals surface area contributed by atoms with Gasteiger partial charge in [0.15, 0.2) is 0 Å². The average Bonchev–Trinajstić information content (AvgIpc) is 2.56. The molecule has 0 radical (unpaired) electrons. The van der Waals surface area contributed by atoms with Crippen LogP contribution in [-0.4, -0.2) is 18.1 Å². The Morgan fingerprint density at radius 2 is 2.42 bits per heavy atom. The summed E-state index contributed by atoms with van der Waals surface area (Å²) in [5, 5.41) is 3.35. The standard InChI is InChI=1S/C9H11IN2/c10-9-3-1-2-8(12-9)7-4-5-11-6-7/h1-3,7,11H,4-6H2. The fourth-order valence-electron chi connectivity index (χ4n) is 1.56. The Balaban J connectivity index is 2.21. The van der Waals surface area contributed by atoms with Crippen LogP contribution in [-0.2, 0) is 0 Å². The second-order valence-electron chi connectivity index (χ2n) is 3.07. The monoisotopic (exact) mass is 274 g/mol. The summed E-state index contributed by atoms with van der Waals surface area (Å²) in [4.78, 5) is 4.50. The summed E-state index contributed by atoms with van der Waals surface area (Å²) in [6.45, 7) is 2.23. The van der Waals surface area contributed by atoms with E-state index in [0.717, 1.165) is 16.8 Å². The van der Waals surface area contributed by atoms with Crippen LogP contribution < -0.4 is 5.32 Å². The smallest absolute Gasteiger partial charge is 0.101 e. The number of hydrogen-bond acceptors (Lipinski definition) is 2. The maximum Gasteiger partial charge on any atom is 0.101 e. The van der Waals surface area contributed by atoms with Crippen molar-refractivity contribution in [1.29, 1.82) is 0 Å². The minimum atomic E-state index is 0.639. The van der Waals surface area contributed by atoms with Gasteiger partial charge < -0.3 is 5.32 Å². The molecule has 0 bridgehead atoms. The van der Waals surface area contributed by atoms with E-state index in [1.165, 1.54) is 12.1 Å². The second-order valence-corrected chi connectivity index (χ2v) is 4.18. The van der Waals surface area contributed by atoms with Crippen molar-refractivity contribution < 1.29 is 0 Å². The summed E-state index contributed by atoms with van der Waals surface area (Å²) in [6, 6.07) is 6.24. The SMILES string of the molecule is Ic1cccc(C2CCNC2)n1. The molecule has 0 saturated carbocycles. The van der Waals surface area contributed by atoms with E-state index >= 15 is 0 Å². The van der Waals surface area contributed by atoms with Crippen LogP contribution in [0.1, 0.15) is 18.0 Å². The van der Waals surface area contributed by atoms with E-state index in [9.17, 15) is 0 Å². The number of rotatable bonds is 1. The molecule has 1 unspecified atom stereocenters. The Morgan fingerprint density at radius 3 is 3.08 bits per heavy atom. The number of halogens is 1. The maximum absolute atomic E-state index is 4.50. The average molecular weight is 274 g/mol. The fourth-order valence-corrected chi connectivity index (χ4v) is 2.04. The predicted octanol–water partition coefficient (Wildman–Crippen LogP) is 1.76. The van der Waals surface area contributed by atoms with Gasteiger partial charge in [0.05, 0.1) is 0 Å².